The quantitative estimate of drug-likeness (QED) is 0.509. The molecule has 8 heteroatoms. The Balaban J connectivity index is 1.72. The monoisotopic (exact) mass is 480 g/mol. The van der Waals surface area contributed by atoms with Gasteiger partial charge in [0.05, 0.1) is 39.0 Å². The summed E-state index contributed by atoms with van der Waals surface area (Å²) in [5.74, 6) is 0.754. The highest BCUT2D eigenvalue weighted by Gasteiger charge is 2.45. The number of carbonyl (C=O) groups is 2. The molecule has 0 bridgehead atoms. The number of halogens is 1. The van der Waals surface area contributed by atoms with Crippen molar-refractivity contribution in [1.82, 2.24) is 0 Å². The van der Waals surface area contributed by atoms with Gasteiger partial charge in [0, 0.05) is 17.1 Å². The average Bonchev–Trinajstić information content (AvgIpc) is 3.21. The number of methoxy groups -OCH3 is 3. The van der Waals surface area contributed by atoms with Gasteiger partial charge in [-0.05, 0) is 60.2 Å². The van der Waals surface area contributed by atoms with E-state index in [-0.39, 0.29) is 18.2 Å². The number of hydrogen-bond acceptors (Lipinski definition) is 5. The summed E-state index contributed by atoms with van der Waals surface area (Å²) in [5.41, 5.74) is 1.95. The van der Waals surface area contributed by atoms with E-state index in [1.807, 2.05) is 36.4 Å². The minimum absolute atomic E-state index is 0.0530. The predicted octanol–water partition coefficient (Wildman–Crippen LogP) is 5.10. The minimum Gasteiger partial charge on any atom is -0.497 e. The number of ether oxygens (including phenoxy) is 3. The van der Waals surface area contributed by atoms with Gasteiger partial charge < -0.3 is 24.4 Å². The van der Waals surface area contributed by atoms with Crippen LogP contribution in [0.1, 0.15) is 18.0 Å². The van der Waals surface area contributed by atoms with Crippen molar-refractivity contribution in [3.8, 4) is 17.2 Å². The number of nitrogens with zero attached hydrogens (tertiary/aromatic N) is 1. The predicted molar refractivity (Wildman–Crippen MR) is 131 cm³/mol. The summed E-state index contributed by atoms with van der Waals surface area (Å²) in [4.78, 5) is 28.4. The molecule has 0 spiro atoms. The largest absolute Gasteiger partial charge is 0.497 e. The number of nitrogens with one attached hydrogen (secondary N) is 1. The molecule has 1 aliphatic rings. The van der Waals surface area contributed by atoms with Gasteiger partial charge >= 0.3 is 0 Å². The summed E-state index contributed by atoms with van der Waals surface area (Å²) in [6.07, 6.45) is 0.0530. The molecule has 0 radical (unpaired) electrons. The van der Waals surface area contributed by atoms with Crippen LogP contribution < -0.4 is 24.4 Å². The fourth-order valence-corrected chi connectivity index (χ4v) is 4.37. The van der Waals surface area contributed by atoms with Crippen LogP contribution in [0, 0.1) is 5.92 Å². The van der Waals surface area contributed by atoms with Crippen molar-refractivity contribution in [2.75, 3.05) is 31.5 Å². The van der Waals surface area contributed by atoms with E-state index in [0.29, 0.717) is 33.6 Å². The van der Waals surface area contributed by atoms with Crippen LogP contribution in [0.3, 0.4) is 0 Å². The number of anilines is 2. The van der Waals surface area contributed by atoms with E-state index < -0.39 is 12.0 Å². The van der Waals surface area contributed by atoms with Gasteiger partial charge in [-0.25, -0.2) is 0 Å². The molecule has 7 nitrogen and oxygen atoms in total. The number of benzene rings is 3. The van der Waals surface area contributed by atoms with Crippen molar-refractivity contribution >= 4 is 34.8 Å². The smallest absolute Gasteiger partial charge is 0.230 e. The molecule has 0 unspecified atom stereocenters. The summed E-state index contributed by atoms with van der Waals surface area (Å²) >= 11 is 6.13. The van der Waals surface area contributed by atoms with Crippen LogP contribution in [0.4, 0.5) is 11.4 Å². The molecule has 1 saturated heterocycles. The van der Waals surface area contributed by atoms with Crippen molar-refractivity contribution in [3.05, 3.63) is 77.3 Å². The molecular formula is C26H25ClN2O5. The highest BCUT2D eigenvalue weighted by molar-refractivity contribution is 6.31. The Morgan fingerprint density at radius 3 is 2.12 bits per heavy atom. The van der Waals surface area contributed by atoms with Gasteiger partial charge in [-0.1, -0.05) is 23.7 Å². The molecule has 3 aromatic carbocycles. The van der Waals surface area contributed by atoms with Crippen LogP contribution >= 0.6 is 11.6 Å². The summed E-state index contributed by atoms with van der Waals surface area (Å²) in [6, 6.07) is 19.1. The summed E-state index contributed by atoms with van der Waals surface area (Å²) < 4.78 is 15.9. The maximum atomic E-state index is 13.5. The molecule has 3 aromatic rings. The molecule has 1 N–H and O–H groups in total. The zero-order chi connectivity index (χ0) is 24.2. The van der Waals surface area contributed by atoms with Crippen LogP contribution in [-0.2, 0) is 9.59 Å². The number of rotatable bonds is 7. The van der Waals surface area contributed by atoms with Crippen LogP contribution in [0.2, 0.25) is 5.02 Å². The SMILES string of the molecule is COc1ccc([C@@H]2[C@H](C(=O)Nc3cc(Cl)ccc3OC)CC(=O)N2c2ccc(OC)cc2)cc1. The summed E-state index contributed by atoms with van der Waals surface area (Å²) in [7, 11) is 4.69. The molecule has 0 saturated carbocycles. The lowest BCUT2D eigenvalue weighted by atomic mass is 9.92. The fourth-order valence-electron chi connectivity index (χ4n) is 4.20. The Labute approximate surface area is 203 Å². The van der Waals surface area contributed by atoms with E-state index >= 15 is 0 Å². The van der Waals surface area contributed by atoms with Crippen LogP contribution in [0.15, 0.2) is 66.7 Å². The molecule has 2 atom stereocenters. The van der Waals surface area contributed by atoms with Crippen LogP contribution in [0.25, 0.3) is 0 Å². The molecule has 2 amide bonds. The first kappa shape index (κ1) is 23.4. The molecule has 176 valence electrons. The van der Waals surface area contributed by atoms with Gasteiger partial charge in [0.1, 0.15) is 17.2 Å². The van der Waals surface area contributed by atoms with Crippen molar-refractivity contribution in [3.63, 3.8) is 0 Å². The molecule has 34 heavy (non-hydrogen) atoms. The van der Waals surface area contributed by atoms with Crippen LogP contribution in [0.5, 0.6) is 17.2 Å². The van der Waals surface area contributed by atoms with Gasteiger partial charge in [-0.2, -0.15) is 0 Å². The molecule has 0 aliphatic carbocycles. The zero-order valence-corrected chi connectivity index (χ0v) is 19.8. The lowest BCUT2D eigenvalue weighted by molar-refractivity contribution is -0.122. The molecule has 1 heterocycles. The standard InChI is InChI=1S/C26H25ClN2O5/c1-32-19-9-4-16(5-10-19)25-21(26(31)28-22-14-17(27)6-13-23(22)34-3)15-24(30)29(25)18-7-11-20(33-2)12-8-18/h4-14,21,25H,15H2,1-3H3,(H,28,31)/t21-,25-/m1/s1. The van der Waals surface area contributed by atoms with Crippen molar-refractivity contribution in [1.29, 1.82) is 0 Å². The van der Waals surface area contributed by atoms with Gasteiger partial charge in [-0.3, -0.25) is 9.59 Å². The second-order valence-electron chi connectivity index (χ2n) is 7.82. The second kappa shape index (κ2) is 10.1. The van der Waals surface area contributed by atoms with E-state index in [0.717, 1.165) is 5.56 Å². The van der Waals surface area contributed by atoms with E-state index in [1.54, 1.807) is 49.5 Å². The Morgan fingerprint density at radius 1 is 0.912 bits per heavy atom. The lowest BCUT2D eigenvalue weighted by Gasteiger charge is -2.29. The molecule has 1 aliphatic heterocycles. The summed E-state index contributed by atoms with van der Waals surface area (Å²) in [5, 5.41) is 3.37. The third-order valence-electron chi connectivity index (χ3n) is 5.89. The van der Waals surface area contributed by atoms with Crippen LogP contribution in [-0.4, -0.2) is 33.1 Å². The first-order valence-electron chi connectivity index (χ1n) is 10.7. The maximum absolute atomic E-state index is 13.5. The minimum atomic E-state index is -0.647. The normalized spacial score (nSPS) is 17.4. The van der Waals surface area contributed by atoms with E-state index in [1.165, 1.54) is 7.11 Å². The van der Waals surface area contributed by atoms with E-state index in [9.17, 15) is 9.59 Å². The number of carbonyl (C=O) groups excluding carboxylic acids is 2. The van der Waals surface area contributed by atoms with E-state index in [4.69, 9.17) is 25.8 Å². The first-order valence-corrected chi connectivity index (χ1v) is 11.1. The molecule has 0 aromatic heterocycles. The third-order valence-corrected chi connectivity index (χ3v) is 6.12. The topological polar surface area (TPSA) is 77.1 Å². The Bertz CT molecular complexity index is 1180. The average molecular weight is 481 g/mol. The van der Waals surface area contributed by atoms with Gasteiger partial charge in [0.25, 0.3) is 0 Å². The second-order valence-corrected chi connectivity index (χ2v) is 8.26. The Morgan fingerprint density at radius 2 is 1.53 bits per heavy atom. The van der Waals surface area contributed by atoms with Crippen molar-refractivity contribution < 1.29 is 23.8 Å². The number of hydrogen-bond donors (Lipinski definition) is 1. The van der Waals surface area contributed by atoms with E-state index in [2.05, 4.69) is 5.32 Å². The summed E-state index contributed by atoms with van der Waals surface area (Å²) in [6.45, 7) is 0. The highest BCUT2D eigenvalue weighted by atomic mass is 35.5. The van der Waals surface area contributed by atoms with Crippen molar-refractivity contribution in [2.45, 2.75) is 12.5 Å². The van der Waals surface area contributed by atoms with Gasteiger partial charge in [-0.15, -0.1) is 0 Å². The molecule has 1 fully saturated rings. The lowest BCUT2D eigenvalue weighted by Crippen LogP contribution is -2.32. The Kier molecular flexibility index (Phi) is 6.93. The highest BCUT2D eigenvalue weighted by Crippen LogP contribution is 2.43. The third kappa shape index (κ3) is 4.65. The fraction of sp³-hybridized carbons (Fsp3) is 0.231. The maximum Gasteiger partial charge on any atom is 0.230 e. The van der Waals surface area contributed by atoms with Crippen molar-refractivity contribution in [2.24, 2.45) is 5.92 Å². The zero-order valence-electron chi connectivity index (χ0n) is 19.1. The Hall–Kier alpha value is -3.71. The molecule has 4 rings (SSSR count). The number of amides is 2. The van der Waals surface area contributed by atoms with Gasteiger partial charge in [0.15, 0.2) is 0 Å². The first-order chi connectivity index (χ1) is 16.4. The molecular weight excluding hydrogens is 456 g/mol. The van der Waals surface area contributed by atoms with Gasteiger partial charge in [0.2, 0.25) is 11.8 Å².